The zero-order chi connectivity index (χ0) is 13.8. The van der Waals surface area contributed by atoms with Crippen LogP contribution < -0.4 is 5.32 Å². The Labute approximate surface area is 137 Å². The van der Waals surface area contributed by atoms with Crippen molar-refractivity contribution in [2.75, 3.05) is 5.32 Å². The highest BCUT2D eigenvalue weighted by molar-refractivity contribution is 14.1. The molecule has 1 atom stereocenters. The summed E-state index contributed by atoms with van der Waals surface area (Å²) in [5, 5.41) is 3.64. The molecule has 3 heteroatoms. The molecule has 0 heterocycles. The molecular formula is C16H17BrIN. The number of anilines is 1. The molecule has 100 valence electrons. The highest BCUT2D eigenvalue weighted by Crippen LogP contribution is 2.26. The van der Waals surface area contributed by atoms with Crippen LogP contribution in [0, 0.1) is 10.5 Å². The van der Waals surface area contributed by atoms with Crippen LogP contribution in [0.2, 0.25) is 0 Å². The fourth-order valence-electron chi connectivity index (χ4n) is 2.09. The number of benzene rings is 2. The number of hydrogen-bond donors (Lipinski definition) is 1. The number of halogens is 2. The smallest absolute Gasteiger partial charge is 0.0511 e. The molecule has 2 aromatic carbocycles. The monoisotopic (exact) mass is 429 g/mol. The Morgan fingerprint density at radius 3 is 2.42 bits per heavy atom. The molecule has 0 fully saturated rings. The zero-order valence-electron chi connectivity index (χ0n) is 11.1. The van der Waals surface area contributed by atoms with Gasteiger partial charge in [0.05, 0.1) is 6.04 Å². The molecule has 19 heavy (non-hydrogen) atoms. The number of aryl methyl sites for hydroxylation is 1. The molecule has 0 aliphatic rings. The van der Waals surface area contributed by atoms with Gasteiger partial charge in [0.25, 0.3) is 0 Å². The summed E-state index contributed by atoms with van der Waals surface area (Å²) in [4.78, 5) is 0. The van der Waals surface area contributed by atoms with Crippen molar-refractivity contribution in [3.05, 3.63) is 61.6 Å². The molecule has 0 radical (unpaired) electrons. The van der Waals surface area contributed by atoms with E-state index in [1.807, 2.05) is 0 Å². The Hall–Kier alpha value is -0.550. The van der Waals surface area contributed by atoms with Crippen molar-refractivity contribution in [3.63, 3.8) is 0 Å². The van der Waals surface area contributed by atoms with Gasteiger partial charge in [-0.25, -0.2) is 0 Å². The number of rotatable bonds is 4. The van der Waals surface area contributed by atoms with E-state index in [1.54, 1.807) is 0 Å². The second kappa shape index (κ2) is 6.75. The quantitative estimate of drug-likeness (QED) is 0.594. The molecule has 2 rings (SSSR count). The van der Waals surface area contributed by atoms with Gasteiger partial charge in [-0.1, -0.05) is 35.0 Å². The Bertz CT molecular complexity index is 551. The highest BCUT2D eigenvalue weighted by atomic mass is 127. The molecule has 2 aromatic rings. The van der Waals surface area contributed by atoms with Crippen molar-refractivity contribution in [3.8, 4) is 0 Å². The molecule has 0 spiro atoms. The van der Waals surface area contributed by atoms with Crippen LogP contribution in [0.25, 0.3) is 0 Å². The van der Waals surface area contributed by atoms with Crippen LogP contribution in [0.1, 0.15) is 30.5 Å². The minimum Gasteiger partial charge on any atom is -0.378 e. The maximum Gasteiger partial charge on any atom is 0.0511 e. The minimum atomic E-state index is 0.354. The third-order valence-corrected chi connectivity index (χ3v) is 4.40. The first-order chi connectivity index (χ1) is 9.10. The second-order valence-corrected chi connectivity index (χ2v) is 6.78. The average Bonchev–Trinajstić information content (AvgIpc) is 2.39. The lowest BCUT2D eigenvalue weighted by molar-refractivity contribution is 0.748. The normalized spacial score (nSPS) is 12.2. The molecule has 0 aromatic heterocycles. The van der Waals surface area contributed by atoms with Gasteiger partial charge in [-0.3, -0.25) is 0 Å². The van der Waals surface area contributed by atoms with Crippen LogP contribution in [-0.2, 0) is 0 Å². The van der Waals surface area contributed by atoms with E-state index in [1.165, 1.54) is 20.4 Å². The van der Waals surface area contributed by atoms with E-state index in [0.29, 0.717) is 6.04 Å². The number of hydrogen-bond acceptors (Lipinski definition) is 1. The van der Waals surface area contributed by atoms with Gasteiger partial charge in [0.1, 0.15) is 0 Å². The fraction of sp³-hybridized carbons (Fsp3) is 0.250. The molecule has 0 saturated heterocycles. The first kappa shape index (κ1) is 14.9. The Morgan fingerprint density at radius 1 is 1.16 bits per heavy atom. The van der Waals surface area contributed by atoms with Gasteiger partial charge in [0.2, 0.25) is 0 Å². The van der Waals surface area contributed by atoms with Gasteiger partial charge >= 0.3 is 0 Å². The highest BCUT2D eigenvalue weighted by Gasteiger charge is 2.10. The molecule has 0 bridgehead atoms. The summed E-state index contributed by atoms with van der Waals surface area (Å²) in [7, 11) is 0. The standard InChI is InChI=1S/C16H17BrIN/c1-3-15(12-4-6-13(17)7-5-12)19-16-9-8-14(18)10-11(16)2/h4-10,15,19H,3H2,1-2H3. The molecule has 1 unspecified atom stereocenters. The largest absolute Gasteiger partial charge is 0.378 e. The maximum atomic E-state index is 3.64. The van der Waals surface area contributed by atoms with Crippen LogP contribution in [-0.4, -0.2) is 0 Å². The van der Waals surface area contributed by atoms with E-state index in [4.69, 9.17) is 0 Å². The molecule has 0 aliphatic heterocycles. The molecule has 1 nitrogen and oxygen atoms in total. The van der Waals surface area contributed by atoms with Gasteiger partial charge in [-0.15, -0.1) is 0 Å². The van der Waals surface area contributed by atoms with Crippen molar-refractivity contribution in [2.24, 2.45) is 0 Å². The zero-order valence-corrected chi connectivity index (χ0v) is 14.8. The fourth-order valence-corrected chi connectivity index (χ4v) is 3.00. The van der Waals surface area contributed by atoms with Crippen LogP contribution in [0.4, 0.5) is 5.69 Å². The van der Waals surface area contributed by atoms with Gasteiger partial charge < -0.3 is 5.32 Å². The summed E-state index contributed by atoms with van der Waals surface area (Å²) >= 11 is 5.83. The minimum absolute atomic E-state index is 0.354. The third kappa shape index (κ3) is 3.96. The average molecular weight is 430 g/mol. The molecule has 1 N–H and O–H groups in total. The van der Waals surface area contributed by atoms with Gasteiger partial charge in [-0.05, 0) is 77.4 Å². The van der Waals surface area contributed by atoms with E-state index in [2.05, 4.69) is 100 Å². The van der Waals surface area contributed by atoms with Crippen molar-refractivity contribution in [2.45, 2.75) is 26.3 Å². The van der Waals surface area contributed by atoms with Gasteiger partial charge in [0.15, 0.2) is 0 Å². The van der Waals surface area contributed by atoms with E-state index in [0.717, 1.165) is 10.9 Å². The molecular weight excluding hydrogens is 413 g/mol. The van der Waals surface area contributed by atoms with Crippen LogP contribution in [0.3, 0.4) is 0 Å². The molecule has 0 aliphatic carbocycles. The van der Waals surface area contributed by atoms with Gasteiger partial charge in [-0.2, -0.15) is 0 Å². The predicted molar refractivity (Wildman–Crippen MR) is 94.7 cm³/mol. The SMILES string of the molecule is CCC(Nc1ccc(I)cc1C)c1ccc(Br)cc1. The Kier molecular flexibility index (Phi) is 5.28. The topological polar surface area (TPSA) is 12.0 Å². The van der Waals surface area contributed by atoms with E-state index in [9.17, 15) is 0 Å². The van der Waals surface area contributed by atoms with E-state index >= 15 is 0 Å². The first-order valence-electron chi connectivity index (χ1n) is 6.38. The van der Waals surface area contributed by atoms with Crippen molar-refractivity contribution in [1.29, 1.82) is 0 Å². The molecule has 0 saturated carbocycles. The predicted octanol–water partition coefficient (Wildman–Crippen LogP) is 5.93. The summed E-state index contributed by atoms with van der Waals surface area (Å²) in [5.41, 5.74) is 3.83. The Morgan fingerprint density at radius 2 is 1.84 bits per heavy atom. The lowest BCUT2D eigenvalue weighted by Gasteiger charge is -2.20. The first-order valence-corrected chi connectivity index (χ1v) is 8.25. The van der Waals surface area contributed by atoms with Crippen LogP contribution in [0.15, 0.2) is 46.9 Å². The Balaban J connectivity index is 2.21. The van der Waals surface area contributed by atoms with Crippen LogP contribution >= 0.6 is 38.5 Å². The van der Waals surface area contributed by atoms with Crippen LogP contribution in [0.5, 0.6) is 0 Å². The number of nitrogens with one attached hydrogen (secondary N) is 1. The third-order valence-electron chi connectivity index (χ3n) is 3.20. The lowest BCUT2D eigenvalue weighted by atomic mass is 10.0. The van der Waals surface area contributed by atoms with Gasteiger partial charge in [0, 0.05) is 13.7 Å². The summed E-state index contributed by atoms with van der Waals surface area (Å²) in [6.07, 6.45) is 1.06. The summed E-state index contributed by atoms with van der Waals surface area (Å²) < 4.78 is 2.40. The second-order valence-electron chi connectivity index (χ2n) is 4.62. The molecule has 0 amide bonds. The van der Waals surface area contributed by atoms with Crippen molar-refractivity contribution in [1.82, 2.24) is 0 Å². The summed E-state index contributed by atoms with van der Waals surface area (Å²) in [5.74, 6) is 0. The van der Waals surface area contributed by atoms with E-state index < -0.39 is 0 Å². The van der Waals surface area contributed by atoms with E-state index in [-0.39, 0.29) is 0 Å². The summed E-state index contributed by atoms with van der Waals surface area (Å²) in [6, 6.07) is 15.4. The lowest BCUT2D eigenvalue weighted by Crippen LogP contribution is -2.10. The maximum absolute atomic E-state index is 3.64. The van der Waals surface area contributed by atoms with Crippen molar-refractivity contribution >= 4 is 44.2 Å². The summed E-state index contributed by atoms with van der Waals surface area (Å²) in [6.45, 7) is 4.36. The van der Waals surface area contributed by atoms with Crippen molar-refractivity contribution < 1.29 is 0 Å².